The third-order valence-electron chi connectivity index (χ3n) is 5.12. The zero-order valence-corrected chi connectivity index (χ0v) is 18.0. The van der Waals surface area contributed by atoms with Crippen molar-refractivity contribution in [3.05, 3.63) is 59.7 Å². The Kier molecular flexibility index (Phi) is 8.44. The van der Waals surface area contributed by atoms with Crippen LogP contribution in [0.3, 0.4) is 0 Å². The Bertz CT molecular complexity index is 838. The molecule has 166 valence electrons. The number of esters is 1. The van der Waals surface area contributed by atoms with Crippen LogP contribution in [-0.2, 0) is 23.7 Å². The van der Waals surface area contributed by atoms with Crippen molar-refractivity contribution < 1.29 is 28.5 Å². The number of hydrogen-bond donors (Lipinski definition) is 0. The zero-order chi connectivity index (χ0) is 22.1. The molecule has 2 aromatic carbocycles. The Labute approximate surface area is 182 Å². The van der Waals surface area contributed by atoms with Crippen LogP contribution in [0.4, 0.5) is 4.79 Å². The van der Waals surface area contributed by atoms with E-state index >= 15 is 0 Å². The van der Waals surface area contributed by atoms with Crippen LogP contribution in [0, 0.1) is 0 Å². The summed E-state index contributed by atoms with van der Waals surface area (Å²) in [5.41, 5.74) is 4.79. The van der Waals surface area contributed by atoms with E-state index < -0.39 is 0 Å². The standard InChI is InChI=1S/C24H29NO6/c1-18(26)30-16-15-29-14-13-28-12-11-25(2)24(27)31-17-23-21-9-5-3-7-19(21)20-8-4-6-10-22(20)23/h3-10,23H,11-17H2,1-2H3. The zero-order valence-electron chi connectivity index (χ0n) is 18.0. The van der Waals surface area contributed by atoms with E-state index in [1.807, 2.05) is 24.3 Å². The quantitative estimate of drug-likeness (QED) is 0.404. The second kappa shape index (κ2) is 11.5. The van der Waals surface area contributed by atoms with Crippen molar-refractivity contribution in [1.82, 2.24) is 4.90 Å². The molecule has 2 aromatic rings. The van der Waals surface area contributed by atoms with Crippen LogP contribution in [0.2, 0.25) is 0 Å². The van der Waals surface area contributed by atoms with E-state index in [0.717, 1.165) is 0 Å². The van der Waals surface area contributed by atoms with Gasteiger partial charge < -0.3 is 23.8 Å². The molecule has 3 rings (SSSR count). The Morgan fingerprint density at radius 1 is 0.806 bits per heavy atom. The number of amides is 1. The summed E-state index contributed by atoms with van der Waals surface area (Å²) < 4.78 is 21.1. The second-order valence-corrected chi connectivity index (χ2v) is 7.29. The minimum absolute atomic E-state index is 0.0464. The molecule has 31 heavy (non-hydrogen) atoms. The molecule has 0 N–H and O–H groups in total. The first kappa shape index (κ1) is 22.8. The summed E-state index contributed by atoms with van der Waals surface area (Å²) in [5, 5.41) is 0. The van der Waals surface area contributed by atoms with Gasteiger partial charge in [0, 0.05) is 26.4 Å². The van der Waals surface area contributed by atoms with Gasteiger partial charge in [0.15, 0.2) is 0 Å². The van der Waals surface area contributed by atoms with Crippen LogP contribution in [0.25, 0.3) is 11.1 Å². The fourth-order valence-corrected chi connectivity index (χ4v) is 3.56. The first-order valence-corrected chi connectivity index (χ1v) is 10.4. The lowest BCUT2D eigenvalue weighted by Gasteiger charge is -2.19. The van der Waals surface area contributed by atoms with Crippen molar-refractivity contribution in [2.45, 2.75) is 12.8 Å². The Balaban J connectivity index is 1.36. The predicted molar refractivity (Wildman–Crippen MR) is 116 cm³/mol. The highest BCUT2D eigenvalue weighted by molar-refractivity contribution is 5.79. The van der Waals surface area contributed by atoms with Gasteiger partial charge in [-0.1, -0.05) is 48.5 Å². The molecule has 0 saturated heterocycles. The highest BCUT2D eigenvalue weighted by Crippen LogP contribution is 2.44. The van der Waals surface area contributed by atoms with Crippen LogP contribution in [-0.4, -0.2) is 70.2 Å². The maximum Gasteiger partial charge on any atom is 0.409 e. The van der Waals surface area contributed by atoms with E-state index in [1.54, 1.807) is 7.05 Å². The lowest BCUT2D eigenvalue weighted by atomic mass is 9.98. The number of likely N-dealkylation sites (N-methyl/N-ethyl adjacent to an activating group) is 1. The summed E-state index contributed by atoms with van der Waals surface area (Å²) in [7, 11) is 1.69. The summed E-state index contributed by atoms with van der Waals surface area (Å²) >= 11 is 0. The molecule has 0 fully saturated rings. The fourth-order valence-electron chi connectivity index (χ4n) is 3.56. The van der Waals surface area contributed by atoms with E-state index in [9.17, 15) is 9.59 Å². The monoisotopic (exact) mass is 427 g/mol. The van der Waals surface area contributed by atoms with E-state index in [-0.39, 0.29) is 24.6 Å². The number of carbonyl (C=O) groups excluding carboxylic acids is 2. The first-order chi connectivity index (χ1) is 15.1. The maximum atomic E-state index is 12.4. The molecular weight excluding hydrogens is 398 g/mol. The molecule has 0 radical (unpaired) electrons. The van der Waals surface area contributed by atoms with Gasteiger partial charge in [-0.3, -0.25) is 4.79 Å². The Morgan fingerprint density at radius 2 is 1.35 bits per heavy atom. The van der Waals surface area contributed by atoms with Crippen molar-refractivity contribution in [3.8, 4) is 11.1 Å². The molecule has 0 unspecified atom stereocenters. The molecular formula is C24H29NO6. The van der Waals surface area contributed by atoms with Gasteiger partial charge in [-0.2, -0.15) is 0 Å². The Hall–Kier alpha value is -2.90. The van der Waals surface area contributed by atoms with Crippen molar-refractivity contribution in [2.75, 3.05) is 53.2 Å². The van der Waals surface area contributed by atoms with Gasteiger partial charge in [-0.15, -0.1) is 0 Å². The molecule has 0 bridgehead atoms. The molecule has 7 nitrogen and oxygen atoms in total. The average Bonchev–Trinajstić information content (AvgIpc) is 3.09. The van der Waals surface area contributed by atoms with Gasteiger partial charge in [-0.05, 0) is 22.3 Å². The molecule has 1 aliphatic carbocycles. The number of nitrogens with zero attached hydrogens (tertiary/aromatic N) is 1. The van der Waals surface area contributed by atoms with Crippen LogP contribution >= 0.6 is 0 Å². The third kappa shape index (κ3) is 6.29. The van der Waals surface area contributed by atoms with E-state index in [0.29, 0.717) is 39.6 Å². The van der Waals surface area contributed by atoms with Gasteiger partial charge >= 0.3 is 12.1 Å². The summed E-state index contributed by atoms with van der Waals surface area (Å²) in [6, 6.07) is 16.5. The Morgan fingerprint density at radius 3 is 1.97 bits per heavy atom. The summed E-state index contributed by atoms with van der Waals surface area (Å²) in [6.07, 6.45) is -0.372. The van der Waals surface area contributed by atoms with Gasteiger partial charge in [0.25, 0.3) is 0 Å². The highest BCUT2D eigenvalue weighted by Gasteiger charge is 2.29. The lowest BCUT2D eigenvalue weighted by molar-refractivity contribution is -0.142. The van der Waals surface area contributed by atoms with Crippen LogP contribution in [0.1, 0.15) is 24.0 Å². The number of hydrogen-bond acceptors (Lipinski definition) is 6. The second-order valence-electron chi connectivity index (χ2n) is 7.29. The molecule has 1 amide bonds. The van der Waals surface area contributed by atoms with E-state index in [4.69, 9.17) is 18.9 Å². The minimum atomic E-state index is -0.372. The van der Waals surface area contributed by atoms with E-state index in [1.165, 1.54) is 34.1 Å². The topological polar surface area (TPSA) is 74.3 Å². The van der Waals surface area contributed by atoms with Crippen LogP contribution in [0.15, 0.2) is 48.5 Å². The van der Waals surface area contributed by atoms with Gasteiger partial charge in [0.1, 0.15) is 13.2 Å². The summed E-state index contributed by atoms with van der Waals surface area (Å²) in [5.74, 6) is -0.277. The van der Waals surface area contributed by atoms with Gasteiger partial charge in [-0.25, -0.2) is 4.79 Å². The number of fused-ring (bicyclic) bond motifs is 3. The molecule has 0 saturated carbocycles. The molecule has 7 heteroatoms. The predicted octanol–water partition coefficient (Wildman–Crippen LogP) is 3.46. The number of carbonyl (C=O) groups is 2. The number of ether oxygens (including phenoxy) is 4. The molecule has 0 aliphatic heterocycles. The van der Waals surface area contributed by atoms with Gasteiger partial charge in [0.05, 0.1) is 26.4 Å². The largest absolute Gasteiger partial charge is 0.463 e. The van der Waals surface area contributed by atoms with Crippen LogP contribution in [0.5, 0.6) is 0 Å². The van der Waals surface area contributed by atoms with Crippen molar-refractivity contribution >= 4 is 12.1 Å². The van der Waals surface area contributed by atoms with Crippen molar-refractivity contribution in [3.63, 3.8) is 0 Å². The van der Waals surface area contributed by atoms with E-state index in [2.05, 4.69) is 24.3 Å². The summed E-state index contributed by atoms with van der Waals surface area (Å²) in [4.78, 5) is 24.5. The smallest absolute Gasteiger partial charge is 0.409 e. The molecule has 0 aromatic heterocycles. The highest BCUT2D eigenvalue weighted by atomic mass is 16.6. The normalized spacial score (nSPS) is 12.2. The third-order valence-corrected chi connectivity index (χ3v) is 5.12. The fraction of sp³-hybridized carbons (Fsp3) is 0.417. The van der Waals surface area contributed by atoms with Crippen LogP contribution < -0.4 is 0 Å². The first-order valence-electron chi connectivity index (χ1n) is 10.4. The average molecular weight is 427 g/mol. The lowest BCUT2D eigenvalue weighted by Crippen LogP contribution is -2.32. The SMILES string of the molecule is CC(=O)OCCOCCOCCN(C)C(=O)OCC1c2ccccc2-c2ccccc21. The minimum Gasteiger partial charge on any atom is -0.463 e. The number of rotatable bonds is 11. The van der Waals surface area contributed by atoms with Gasteiger partial charge in [0.2, 0.25) is 0 Å². The number of benzene rings is 2. The molecule has 0 atom stereocenters. The molecule has 1 aliphatic rings. The van der Waals surface area contributed by atoms with Crippen molar-refractivity contribution in [1.29, 1.82) is 0 Å². The molecule has 0 spiro atoms. The molecule has 0 heterocycles. The summed E-state index contributed by atoms with van der Waals surface area (Å²) in [6.45, 7) is 3.83. The maximum absolute atomic E-state index is 12.4. The van der Waals surface area contributed by atoms with Crippen molar-refractivity contribution in [2.24, 2.45) is 0 Å².